The monoisotopic (exact) mass is 399 g/mol. The van der Waals surface area contributed by atoms with Gasteiger partial charge in [0, 0.05) is 49.9 Å². The molecule has 7 nitrogen and oxygen atoms in total. The first-order chi connectivity index (χ1) is 13.9. The van der Waals surface area contributed by atoms with Gasteiger partial charge in [0.05, 0.1) is 25.5 Å². The van der Waals surface area contributed by atoms with Gasteiger partial charge < -0.3 is 19.3 Å². The van der Waals surface area contributed by atoms with Crippen molar-refractivity contribution in [2.24, 2.45) is 13.0 Å². The van der Waals surface area contributed by atoms with Gasteiger partial charge >= 0.3 is 0 Å². The van der Waals surface area contributed by atoms with E-state index >= 15 is 0 Å². The molecule has 0 amide bonds. The van der Waals surface area contributed by atoms with Crippen molar-refractivity contribution in [2.75, 3.05) is 26.3 Å². The molecule has 4 heterocycles. The predicted molar refractivity (Wildman–Crippen MR) is 107 cm³/mol. The molecule has 3 aliphatic heterocycles. The lowest BCUT2D eigenvalue weighted by molar-refractivity contribution is -0.231. The molecular weight excluding hydrogens is 370 g/mol. The zero-order valence-corrected chi connectivity index (χ0v) is 17.3. The molecule has 0 bridgehead atoms. The molecule has 1 aromatic carbocycles. The van der Waals surface area contributed by atoms with Crippen molar-refractivity contribution in [1.29, 1.82) is 0 Å². The Morgan fingerprint density at radius 3 is 2.97 bits per heavy atom. The van der Waals surface area contributed by atoms with Crippen LogP contribution in [0.3, 0.4) is 0 Å². The zero-order chi connectivity index (χ0) is 20.2. The van der Waals surface area contributed by atoms with Crippen molar-refractivity contribution in [3.05, 3.63) is 41.7 Å². The first kappa shape index (κ1) is 18.9. The second-order valence-corrected chi connectivity index (χ2v) is 9.21. The van der Waals surface area contributed by atoms with E-state index in [2.05, 4.69) is 30.0 Å². The van der Waals surface area contributed by atoms with Gasteiger partial charge in [-0.15, -0.1) is 0 Å². The van der Waals surface area contributed by atoms with Crippen LogP contribution in [0.4, 0.5) is 0 Å². The summed E-state index contributed by atoms with van der Waals surface area (Å²) in [5.41, 5.74) is 1.35. The van der Waals surface area contributed by atoms with Crippen molar-refractivity contribution in [1.82, 2.24) is 14.7 Å². The van der Waals surface area contributed by atoms with Crippen LogP contribution in [0.2, 0.25) is 0 Å². The van der Waals surface area contributed by atoms with Crippen LogP contribution in [-0.4, -0.2) is 57.3 Å². The fraction of sp³-hybridized carbons (Fsp3) is 0.591. The van der Waals surface area contributed by atoms with E-state index in [1.165, 1.54) is 5.56 Å². The highest BCUT2D eigenvalue weighted by Gasteiger charge is 2.54. The lowest BCUT2D eigenvalue weighted by Gasteiger charge is -2.54. The van der Waals surface area contributed by atoms with E-state index in [1.807, 2.05) is 30.1 Å². The number of para-hydroxylation sites is 1. The average molecular weight is 399 g/mol. The molecule has 29 heavy (non-hydrogen) atoms. The second-order valence-electron chi connectivity index (χ2n) is 9.21. The molecule has 3 atom stereocenters. The Morgan fingerprint density at radius 1 is 1.31 bits per heavy atom. The van der Waals surface area contributed by atoms with Crippen molar-refractivity contribution in [3.63, 3.8) is 0 Å². The number of rotatable bonds is 2. The fourth-order valence-corrected chi connectivity index (χ4v) is 5.14. The number of fused-ring (bicyclic) bond motifs is 3. The van der Waals surface area contributed by atoms with E-state index in [4.69, 9.17) is 14.2 Å². The van der Waals surface area contributed by atoms with Crippen molar-refractivity contribution >= 4 is 0 Å². The van der Waals surface area contributed by atoms with E-state index < -0.39 is 5.60 Å². The number of hydrogen-bond acceptors (Lipinski definition) is 6. The fourth-order valence-electron chi connectivity index (χ4n) is 5.14. The van der Waals surface area contributed by atoms with E-state index in [0.717, 1.165) is 31.6 Å². The van der Waals surface area contributed by atoms with E-state index in [-0.39, 0.29) is 23.4 Å². The van der Waals surface area contributed by atoms with Crippen LogP contribution in [0.5, 0.6) is 11.5 Å². The molecule has 7 heteroatoms. The summed E-state index contributed by atoms with van der Waals surface area (Å²) in [6, 6.07) is 5.52. The van der Waals surface area contributed by atoms with Gasteiger partial charge in [0.2, 0.25) is 0 Å². The Labute approximate surface area is 171 Å². The highest BCUT2D eigenvalue weighted by atomic mass is 16.6. The largest absolute Gasteiger partial charge is 0.504 e. The number of phenols is 1. The molecule has 2 fully saturated rings. The third-order valence-corrected chi connectivity index (χ3v) is 6.56. The van der Waals surface area contributed by atoms with Crippen LogP contribution in [0, 0.1) is 5.92 Å². The summed E-state index contributed by atoms with van der Waals surface area (Å²) in [6.07, 6.45) is 4.76. The summed E-state index contributed by atoms with van der Waals surface area (Å²) < 4.78 is 20.9. The average Bonchev–Trinajstić information content (AvgIpc) is 3.08. The van der Waals surface area contributed by atoms with E-state index in [0.29, 0.717) is 19.0 Å². The standard InChI is InChI=1S/C22H29N3O4/c1-21(2)17-9-22(13-25(7-8-28-22)12-15-10-23-24(3)11-15)14-27-19(17)16-5-4-6-18(26)20(16)29-21/h4-6,10-11,17,19,26H,7-9,12-14H2,1-3H3/t17-,19+,22+/m0/s1. The topological polar surface area (TPSA) is 69.0 Å². The second kappa shape index (κ2) is 6.72. The summed E-state index contributed by atoms with van der Waals surface area (Å²) in [5, 5.41) is 14.6. The summed E-state index contributed by atoms with van der Waals surface area (Å²) in [7, 11) is 1.94. The molecule has 1 spiro atoms. The molecule has 3 aliphatic rings. The van der Waals surface area contributed by atoms with Gasteiger partial charge in [0.25, 0.3) is 0 Å². The van der Waals surface area contributed by atoms with Gasteiger partial charge in [0.15, 0.2) is 11.5 Å². The van der Waals surface area contributed by atoms with E-state index in [9.17, 15) is 5.11 Å². The molecule has 0 radical (unpaired) electrons. The van der Waals surface area contributed by atoms with Gasteiger partial charge in [-0.05, 0) is 26.3 Å². The molecule has 2 aromatic rings. The number of ether oxygens (including phenoxy) is 3. The minimum atomic E-state index is -0.459. The zero-order valence-electron chi connectivity index (χ0n) is 17.3. The molecule has 2 saturated heterocycles. The Kier molecular flexibility index (Phi) is 4.38. The molecule has 0 unspecified atom stereocenters. The highest BCUT2D eigenvalue weighted by Crippen LogP contribution is 2.54. The van der Waals surface area contributed by atoms with Crippen LogP contribution in [0.25, 0.3) is 0 Å². The number of benzene rings is 1. The van der Waals surface area contributed by atoms with Crippen molar-refractivity contribution in [3.8, 4) is 11.5 Å². The third-order valence-electron chi connectivity index (χ3n) is 6.56. The number of morpholine rings is 1. The predicted octanol–water partition coefficient (Wildman–Crippen LogP) is 2.65. The number of aryl methyl sites for hydroxylation is 1. The number of aromatic nitrogens is 2. The molecule has 0 saturated carbocycles. The van der Waals surface area contributed by atoms with Gasteiger partial charge in [-0.2, -0.15) is 5.10 Å². The maximum atomic E-state index is 10.3. The molecule has 156 valence electrons. The Hall–Kier alpha value is -2.09. The molecule has 5 rings (SSSR count). The highest BCUT2D eigenvalue weighted by molar-refractivity contribution is 5.49. The Bertz CT molecular complexity index is 911. The van der Waals surface area contributed by atoms with Crippen LogP contribution >= 0.6 is 0 Å². The summed E-state index contributed by atoms with van der Waals surface area (Å²) in [5.74, 6) is 0.871. The molecular formula is C22H29N3O4. The van der Waals surface area contributed by atoms with Crippen molar-refractivity contribution < 1.29 is 19.3 Å². The minimum Gasteiger partial charge on any atom is -0.504 e. The smallest absolute Gasteiger partial charge is 0.167 e. The maximum absolute atomic E-state index is 10.3. The molecule has 1 aromatic heterocycles. The van der Waals surface area contributed by atoms with Gasteiger partial charge in [-0.3, -0.25) is 9.58 Å². The first-order valence-electron chi connectivity index (χ1n) is 10.3. The summed E-state index contributed by atoms with van der Waals surface area (Å²) >= 11 is 0. The SMILES string of the molecule is Cn1cc(CN2CCO[C@@]3(CO[C@@H]4c5cccc(O)c5OC(C)(C)[C@H]4C3)C2)cn1. The lowest BCUT2D eigenvalue weighted by atomic mass is 9.71. The van der Waals surface area contributed by atoms with E-state index in [1.54, 1.807) is 6.07 Å². The van der Waals surface area contributed by atoms with Crippen LogP contribution in [0.15, 0.2) is 30.6 Å². The lowest BCUT2D eigenvalue weighted by Crippen LogP contribution is -2.61. The van der Waals surface area contributed by atoms with Gasteiger partial charge in [0.1, 0.15) is 11.2 Å². The van der Waals surface area contributed by atoms with Crippen LogP contribution in [-0.2, 0) is 23.1 Å². The summed E-state index contributed by atoms with van der Waals surface area (Å²) in [6.45, 7) is 8.00. The van der Waals surface area contributed by atoms with Gasteiger partial charge in [-0.1, -0.05) is 12.1 Å². The number of aromatic hydroxyl groups is 1. The minimum absolute atomic E-state index is 0.0937. The molecule has 1 N–H and O–H groups in total. The summed E-state index contributed by atoms with van der Waals surface area (Å²) in [4.78, 5) is 2.43. The third kappa shape index (κ3) is 3.31. The molecule has 0 aliphatic carbocycles. The van der Waals surface area contributed by atoms with Crippen LogP contribution in [0.1, 0.15) is 37.5 Å². The Morgan fingerprint density at radius 2 is 2.17 bits per heavy atom. The van der Waals surface area contributed by atoms with Crippen molar-refractivity contribution in [2.45, 2.75) is 44.1 Å². The number of nitrogens with zero attached hydrogens (tertiary/aromatic N) is 3. The quantitative estimate of drug-likeness (QED) is 0.837. The van der Waals surface area contributed by atoms with Crippen LogP contribution < -0.4 is 4.74 Å². The Balaban J connectivity index is 1.38. The first-order valence-corrected chi connectivity index (χ1v) is 10.3. The number of hydrogen-bond donors (Lipinski definition) is 1. The maximum Gasteiger partial charge on any atom is 0.167 e. The number of phenolic OH excluding ortho intramolecular Hbond substituents is 1. The van der Waals surface area contributed by atoms with Gasteiger partial charge in [-0.25, -0.2) is 0 Å². The normalized spacial score (nSPS) is 31.1.